The standard InChI is InChI=1S/C18H28N2O2/c1-13-16-8-7-14(12-19(5)6)11-15(16)9-10-20(13)17(21)22-18(2,3)4/h7-8,11,13H,9-10,12H2,1-6H3. The zero-order valence-corrected chi connectivity index (χ0v) is 14.6. The Hall–Kier alpha value is -1.55. The number of amides is 1. The molecule has 0 saturated heterocycles. The molecule has 122 valence electrons. The Morgan fingerprint density at radius 2 is 2.05 bits per heavy atom. The molecule has 1 aromatic carbocycles. The van der Waals surface area contributed by atoms with E-state index in [1.165, 1.54) is 16.7 Å². The van der Waals surface area contributed by atoms with Crippen molar-refractivity contribution in [1.82, 2.24) is 9.80 Å². The summed E-state index contributed by atoms with van der Waals surface area (Å²) in [6, 6.07) is 6.66. The molecular formula is C18H28N2O2. The van der Waals surface area contributed by atoms with Gasteiger partial charge in [-0.15, -0.1) is 0 Å². The number of benzene rings is 1. The van der Waals surface area contributed by atoms with E-state index in [1.807, 2.05) is 25.7 Å². The molecule has 0 bridgehead atoms. The van der Waals surface area contributed by atoms with Crippen LogP contribution in [0.25, 0.3) is 0 Å². The van der Waals surface area contributed by atoms with Crippen LogP contribution in [0.1, 0.15) is 50.4 Å². The average Bonchev–Trinajstić information content (AvgIpc) is 2.35. The Balaban J connectivity index is 2.16. The van der Waals surface area contributed by atoms with Crippen molar-refractivity contribution in [3.8, 4) is 0 Å². The van der Waals surface area contributed by atoms with Gasteiger partial charge in [0.2, 0.25) is 0 Å². The predicted octanol–water partition coefficient (Wildman–Crippen LogP) is 3.60. The molecule has 1 aliphatic heterocycles. The number of carbonyl (C=O) groups excluding carboxylic acids is 1. The highest BCUT2D eigenvalue weighted by atomic mass is 16.6. The number of hydrogen-bond acceptors (Lipinski definition) is 3. The summed E-state index contributed by atoms with van der Waals surface area (Å²) < 4.78 is 5.52. The first-order valence-corrected chi connectivity index (χ1v) is 7.93. The predicted molar refractivity (Wildman–Crippen MR) is 88.9 cm³/mol. The van der Waals surface area contributed by atoms with Gasteiger partial charge in [0.1, 0.15) is 5.60 Å². The second-order valence-electron chi connectivity index (χ2n) is 7.37. The maximum atomic E-state index is 12.3. The van der Waals surface area contributed by atoms with Crippen LogP contribution in [0.5, 0.6) is 0 Å². The molecule has 0 saturated carbocycles. The summed E-state index contributed by atoms with van der Waals surface area (Å²) in [6.45, 7) is 9.45. The lowest BCUT2D eigenvalue weighted by atomic mass is 9.92. The summed E-state index contributed by atoms with van der Waals surface area (Å²) in [5, 5.41) is 0. The van der Waals surface area contributed by atoms with E-state index >= 15 is 0 Å². The van der Waals surface area contributed by atoms with Crippen LogP contribution in [0.2, 0.25) is 0 Å². The second kappa shape index (κ2) is 6.29. The molecule has 1 aliphatic rings. The summed E-state index contributed by atoms with van der Waals surface area (Å²) in [4.78, 5) is 16.3. The molecule has 2 rings (SSSR count). The molecule has 1 atom stereocenters. The normalized spacial score (nSPS) is 18.3. The molecule has 1 aromatic rings. The van der Waals surface area contributed by atoms with Gasteiger partial charge in [-0.05, 0) is 64.9 Å². The molecule has 4 heteroatoms. The van der Waals surface area contributed by atoms with Crippen molar-refractivity contribution >= 4 is 6.09 Å². The largest absolute Gasteiger partial charge is 0.444 e. The number of fused-ring (bicyclic) bond motifs is 1. The number of ether oxygens (including phenoxy) is 1. The van der Waals surface area contributed by atoms with Crippen LogP contribution in [0.15, 0.2) is 18.2 Å². The summed E-state index contributed by atoms with van der Waals surface area (Å²) in [5.74, 6) is 0. The monoisotopic (exact) mass is 304 g/mol. The molecular weight excluding hydrogens is 276 g/mol. The van der Waals surface area contributed by atoms with Gasteiger partial charge in [0.05, 0.1) is 6.04 Å². The van der Waals surface area contributed by atoms with Crippen LogP contribution in [0, 0.1) is 0 Å². The zero-order valence-electron chi connectivity index (χ0n) is 14.6. The average molecular weight is 304 g/mol. The lowest BCUT2D eigenvalue weighted by Crippen LogP contribution is -2.42. The van der Waals surface area contributed by atoms with Crippen molar-refractivity contribution in [3.63, 3.8) is 0 Å². The van der Waals surface area contributed by atoms with Crippen molar-refractivity contribution in [2.75, 3.05) is 20.6 Å². The molecule has 0 spiro atoms. The topological polar surface area (TPSA) is 32.8 Å². The van der Waals surface area contributed by atoms with Crippen LogP contribution in [0.4, 0.5) is 4.79 Å². The van der Waals surface area contributed by atoms with Crippen LogP contribution >= 0.6 is 0 Å². The third-order valence-corrected chi connectivity index (χ3v) is 3.87. The van der Waals surface area contributed by atoms with Crippen molar-refractivity contribution < 1.29 is 9.53 Å². The Bertz CT molecular complexity index is 547. The SMILES string of the molecule is CC1c2ccc(CN(C)C)cc2CCN1C(=O)OC(C)(C)C. The smallest absolute Gasteiger partial charge is 0.410 e. The van der Waals surface area contributed by atoms with E-state index in [-0.39, 0.29) is 12.1 Å². The van der Waals surface area contributed by atoms with Crippen molar-refractivity contribution in [2.45, 2.75) is 52.3 Å². The fraction of sp³-hybridized carbons (Fsp3) is 0.611. The summed E-state index contributed by atoms with van der Waals surface area (Å²) in [7, 11) is 4.15. The van der Waals surface area contributed by atoms with Gasteiger partial charge in [0.25, 0.3) is 0 Å². The van der Waals surface area contributed by atoms with Crippen LogP contribution in [-0.2, 0) is 17.7 Å². The van der Waals surface area contributed by atoms with Gasteiger partial charge in [-0.2, -0.15) is 0 Å². The minimum absolute atomic E-state index is 0.0620. The first-order chi connectivity index (χ1) is 10.2. The molecule has 1 amide bonds. The Labute approximate surface area is 134 Å². The Morgan fingerprint density at radius 3 is 2.64 bits per heavy atom. The molecule has 22 heavy (non-hydrogen) atoms. The first-order valence-electron chi connectivity index (χ1n) is 7.93. The van der Waals surface area contributed by atoms with E-state index in [4.69, 9.17) is 4.74 Å². The maximum absolute atomic E-state index is 12.3. The van der Waals surface area contributed by atoms with E-state index < -0.39 is 5.60 Å². The minimum Gasteiger partial charge on any atom is -0.444 e. The second-order valence-corrected chi connectivity index (χ2v) is 7.37. The van der Waals surface area contributed by atoms with Crippen molar-refractivity contribution in [3.05, 3.63) is 34.9 Å². The number of carbonyl (C=O) groups is 1. The molecule has 0 aromatic heterocycles. The van der Waals surface area contributed by atoms with E-state index in [0.717, 1.165) is 13.0 Å². The highest BCUT2D eigenvalue weighted by molar-refractivity contribution is 5.69. The summed E-state index contributed by atoms with van der Waals surface area (Å²) in [6.07, 6.45) is 0.670. The van der Waals surface area contributed by atoms with E-state index in [2.05, 4.69) is 44.1 Å². The van der Waals surface area contributed by atoms with Gasteiger partial charge in [-0.1, -0.05) is 18.2 Å². The molecule has 4 nitrogen and oxygen atoms in total. The van der Waals surface area contributed by atoms with Crippen molar-refractivity contribution in [2.24, 2.45) is 0 Å². The highest BCUT2D eigenvalue weighted by Crippen LogP contribution is 2.31. The molecule has 1 heterocycles. The lowest BCUT2D eigenvalue weighted by Gasteiger charge is -2.36. The first kappa shape index (κ1) is 16.8. The molecule has 1 unspecified atom stereocenters. The molecule has 0 N–H and O–H groups in total. The number of rotatable bonds is 2. The number of nitrogens with zero attached hydrogens (tertiary/aromatic N) is 2. The maximum Gasteiger partial charge on any atom is 0.410 e. The van der Waals surface area contributed by atoms with Gasteiger partial charge in [0, 0.05) is 13.1 Å². The third kappa shape index (κ3) is 4.01. The number of hydrogen-bond donors (Lipinski definition) is 0. The van der Waals surface area contributed by atoms with Crippen LogP contribution < -0.4 is 0 Å². The van der Waals surface area contributed by atoms with E-state index in [1.54, 1.807) is 0 Å². The van der Waals surface area contributed by atoms with Gasteiger partial charge >= 0.3 is 6.09 Å². The quantitative estimate of drug-likeness (QED) is 0.837. The van der Waals surface area contributed by atoms with Crippen LogP contribution in [0.3, 0.4) is 0 Å². The Kier molecular flexibility index (Phi) is 4.81. The van der Waals surface area contributed by atoms with E-state index in [0.29, 0.717) is 6.54 Å². The highest BCUT2D eigenvalue weighted by Gasteiger charge is 2.30. The van der Waals surface area contributed by atoms with E-state index in [9.17, 15) is 4.79 Å². The summed E-state index contributed by atoms with van der Waals surface area (Å²) >= 11 is 0. The fourth-order valence-corrected chi connectivity index (χ4v) is 2.92. The van der Waals surface area contributed by atoms with Gasteiger partial charge in [-0.3, -0.25) is 0 Å². The summed E-state index contributed by atoms with van der Waals surface area (Å²) in [5.41, 5.74) is 3.46. The zero-order chi connectivity index (χ0) is 16.5. The van der Waals surface area contributed by atoms with Gasteiger partial charge in [-0.25, -0.2) is 4.79 Å². The Morgan fingerprint density at radius 1 is 1.36 bits per heavy atom. The van der Waals surface area contributed by atoms with Gasteiger partial charge in [0.15, 0.2) is 0 Å². The molecule has 0 fully saturated rings. The fourth-order valence-electron chi connectivity index (χ4n) is 2.92. The molecule has 0 aliphatic carbocycles. The van der Waals surface area contributed by atoms with Crippen LogP contribution in [-0.4, -0.2) is 42.1 Å². The van der Waals surface area contributed by atoms with Gasteiger partial charge < -0.3 is 14.5 Å². The lowest BCUT2D eigenvalue weighted by molar-refractivity contribution is 0.0160. The third-order valence-electron chi connectivity index (χ3n) is 3.87. The molecule has 0 radical (unpaired) electrons. The van der Waals surface area contributed by atoms with Crippen molar-refractivity contribution in [1.29, 1.82) is 0 Å². The minimum atomic E-state index is -0.452.